The molecule has 9 heteroatoms. The first-order valence-corrected chi connectivity index (χ1v) is 16.4. The van der Waals surface area contributed by atoms with Gasteiger partial charge in [0.05, 0.1) is 26.4 Å². The first-order valence-electron chi connectivity index (χ1n) is 16.4. The second kappa shape index (κ2) is 13.2. The lowest BCUT2D eigenvalue weighted by molar-refractivity contribution is -0.183. The van der Waals surface area contributed by atoms with Gasteiger partial charge in [-0.3, -0.25) is 9.63 Å². The lowest BCUT2D eigenvalue weighted by atomic mass is 9.45. The molecule has 1 heterocycles. The van der Waals surface area contributed by atoms with E-state index in [1.165, 1.54) is 12.0 Å². The maximum absolute atomic E-state index is 14.1. The van der Waals surface area contributed by atoms with Crippen molar-refractivity contribution >= 4 is 11.6 Å². The van der Waals surface area contributed by atoms with Crippen molar-refractivity contribution < 1.29 is 24.6 Å². The van der Waals surface area contributed by atoms with Crippen LogP contribution in [0.5, 0.6) is 5.75 Å². The molecule has 1 saturated heterocycles. The quantitative estimate of drug-likeness (QED) is 0.344. The molecule has 0 spiro atoms. The number of para-hydroxylation sites is 1. The number of aliphatic hydroxyl groups excluding tert-OH is 2. The van der Waals surface area contributed by atoms with E-state index in [0.29, 0.717) is 28.9 Å². The molecule has 1 amide bonds. The third kappa shape index (κ3) is 6.47. The van der Waals surface area contributed by atoms with Crippen LogP contribution >= 0.6 is 0 Å². The van der Waals surface area contributed by atoms with E-state index in [-0.39, 0.29) is 25.1 Å². The molecule has 2 aromatic carbocycles. The number of anilines is 1. The highest BCUT2D eigenvalue weighted by atomic mass is 16.7. The number of rotatable bonds is 11. The first-order chi connectivity index (χ1) is 21.3. The minimum absolute atomic E-state index is 0.0807. The number of hydroxylamine groups is 2. The van der Waals surface area contributed by atoms with Gasteiger partial charge >= 0.3 is 0 Å². The Kier molecular flexibility index (Phi) is 9.88. The summed E-state index contributed by atoms with van der Waals surface area (Å²) in [5, 5.41) is 26.1. The summed E-state index contributed by atoms with van der Waals surface area (Å²) < 4.78 is 6.05. The Morgan fingerprint density at radius 2 is 1.91 bits per heavy atom. The monoisotopic (exact) mass is 622 g/mol. The number of hydrogen-bond acceptors (Lipinski definition) is 8. The third-order valence-electron chi connectivity index (χ3n) is 11.0. The fraction of sp³-hybridized carbons (Fsp3) is 0.639. The van der Waals surface area contributed by atoms with Gasteiger partial charge in [-0.05, 0) is 86.4 Å². The van der Waals surface area contributed by atoms with Gasteiger partial charge in [-0.15, -0.1) is 0 Å². The van der Waals surface area contributed by atoms with E-state index in [2.05, 4.69) is 74.2 Å². The van der Waals surface area contributed by atoms with Gasteiger partial charge in [-0.25, -0.2) is 0 Å². The Morgan fingerprint density at radius 1 is 1.18 bits per heavy atom. The molecule has 0 radical (unpaired) electrons. The normalized spacial score (nSPS) is 29.7. The summed E-state index contributed by atoms with van der Waals surface area (Å²) in [6, 6.07) is 11.9. The van der Waals surface area contributed by atoms with Crippen LogP contribution in [0.1, 0.15) is 51.7 Å². The van der Waals surface area contributed by atoms with Gasteiger partial charge < -0.3 is 30.1 Å². The molecular formula is C36H54N4O5. The molecule has 4 aliphatic rings. The summed E-state index contributed by atoms with van der Waals surface area (Å²) in [6.45, 7) is 9.39. The molecule has 3 saturated carbocycles. The number of amides is 1. The molecule has 1 unspecified atom stereocenters. The Hall–Kier alpha value is -2.69. The zero-order valence-corrected chi connectivity index (χ0v) is 28.6. The Labute approximate surface area is 269 Å². The highest BCUT2D eigenvalue weighted by Gasteiger charge is 2.57. The highest BCUT2D eigenvalue weighted by molar-refractivity contribution is 5.83. The molecule has 4 fully saturated rings. The SMILES string of the molecule is COc1c(CN2O[C@@H](CO)[C@@H]([C@H](C)O)C2C(=O)N[C@H]2C[C@H]3C[C@@H]([C@@H]2C)C3(C)C)cccc1-c1cc(CN(C)C)cc(N(C)C)c1. The molecule has 2 bridgehead atoms. The highest BCUT2D eigenvalue weighted by Crippen LogP contribution is 2.61. The van der Waals surface area contributed by atoms with Crippen molar-refractivity contribution in [3.8, 4) is 16.9 Å². The van der Waals surface area contributed by atoms with Gasteiger partial charge in [0.25, 0.3) is 0 Å². The lowest BCUT2D eigenvalue weighted by Gasteiger charge is -2.62. The zero-order chi connectivity index (χ0) is 32.8. The number of carbonyl (C=O) groups is 1. The number of nitrogens with one attached hydrogen (secondary N) is 1. The molecule has 45 heavy (non-hydrogen) atoms. The van der Waals surface area contributed by atoms with Gasteiger partial charge in [0, 0.05) is 49.4 Å². The number of aliphatic hydroxyl groups is 2. The zero-order valence-electron chi connectivity index (χ0n) is 28.6. The van der Waals surface area contributed by atoms with Crippen LogP contribution in [0.15, 0.2) is 36.4 Å². The summed E-state index contributed by atoms with van der Waals surface area (Å²) in [4.78, 5) is 24.6. The Morgan fingerprint density at radius 3 is 2.49 bits per heavy atom. The van der Waals surface area contributed by atoms with E-state index in [0.717, 1.165) is 35.3 Å². The third-order valence-corrected chi connectivity index (χ3v) is 11.0. The smallest absolute Gasteiger partial charge is 0.240 e. The molecule has 9 nitrogen and oxygen atoms in total. The molecule has 248 valence electrons. The van der Waals surface area contributed by atoms with Crippen LogP contribution in [-0.4, -0.2) is 92.3 Å². The fourth-order valence-corrected chi connectivity index (χ4v) is 8.37. The summed E-state index contributed by atoms with van der Waals surface area (Å²) in [6.07, 6.45) is 0.643. The minimum atomic E-state index is -0.851. The number of nitrogens with zero attached hydrogens (tertiary/aromatic N) is 3. The van der Waals surface area contributed by atoms with Crippen molar-refractivity contribution in [3.05, 3.63) is 47.5 Å². The summed E-state index contributed by atoms with van der Waals surface area (Å²) in [5.41, 5.74) is 5.44. The van der Waals surface area contributed by atoms with Gasteiger partial charge in [-0.1, -0.05) is 39.0 Å². The van der Waals surface area contributed by atoms with Gasteiger partial charge in [0.15, 0.2) is 0 Å². The summed E-state index contributed by atoms with van der Waals surface area (Å²) >= 11 is 0. The summed E-state index contributed by atoms with van der Waals surface area (Å²) in [7, 11) is 9.86. The lowest BCUT2D eigenvalue weighted by Crippen LogP contribution is -2.62. The van der Waals surface area contributed by atoms with E-state index in [4.69, 9.17) is 9.57 Å². The largest absolute Gasteiger partial charge is 0.496 e. The van der Waals surface area contributed by atoms with Crippen LogP contribution in [0.3, 0.4) is 0 Å². The van der Waals surface area contributed by atoms with Crippen molar-refractivity contribution in [2.24, 2.45) is 29.1 Å². The van der Waals surface area contributed by atoms with E-state index < -0.39 is 24.2 Å². The topological polar surface area (TPSA) is 97.7 Å². The molecule has 3 aliphatic carbocycles. The van der Waals surface area contributed by atoms with Crippen molar-refractivity contribution in [1.82, 2.24) is 15.3 Å². The number of carbonyl (C=O) groups excluding carboxylic acids is 1. The van der Waals surface area contributed by atoms with Crippen molar-refractivity contribution in [3.63, 3.8) is 0 Å². The van der Waals surface area contributed by atoms with Crippen LogP contribution in [0.4, 0.5) is 5.69 Å². The van der Waals surface area contributed by atoms with E-state index in [1.54, 1.807) is 19.1 Å². The second-order valence-electron chi connectivity index (χ2n) is 14.8. The van der Waals surface area contributed by atoms with Crippen LogP contribution in [0.2, 0.25) is 0 Å². The Bertz CT molecular complexity index is 1360. The number of benzene rings is 2. The predicted octanol–water partition coefficient (Wildman–Crippen LogP) is 4.15. The van der Waals surface area contributed by atoms with Crippen LogP contribution in [0.25, 0.3) is 11.1 Å². The first kappa shape index (κ1) is 33.7. The number of methoxy groups -OCH3 is 1. The summed E-state index contributed by atoms with van der Waals surface area (Å²) in [5.74, 6) is 1.53. The van der Waals surface area contributed by atoms with Crippen LogP contribution < -0.4 is 15.0 Å². The van der Waals surface area contributed by atoms with Gasteiger partial charge in [0.1, 0.15) is 17.9 Å². The molecule has 3 N–H and O–H groups in total. The molecule has 0 aromatic heterocycles. The van der Waals surface area contributed by atoms with Crippen molar-refractivity contribution in [1.29, 1.82) is 0 Å². The number of fused-ring (bicyclic) bond motifs is 2. The second-order valence-corrected chi connectivity index (χ2v) is 14.8. The number of ether oxygens (including phenoxy) is 1. The molecular weight excluding hydrogens is 568 g/mol. The predicted molar refractivity (Wildman–Crippen MR) is 178 cm³/mol. The Balaban J connectivity index is 1.45. The van der Waals surface area contributed by atoms with Crippen LogP contribution in [0, 0.1) is 29.1 Å². The average molecular weight is 623 g/mol. The van der Waals surface area contributed by atoms with E-state index >= 15 is 0 Å². The fourth-order valence-electron chi connectivity index (χ4n) is 8.37. The van der Waals surface area contributed by atoms with E-state index in [9.17, 15) is 15.0 Å². The molecule has 1 aliphatic heterocycles. The van der Waals surface area contributed by atoms with Crippen LogP contribution in [-0.2, 0) is 22.7 Å². The number of hydrogen-bond donors (Lipinski definition) is 3. The molecule has 2 aromatic rings. The minimum Gasteiger partial charge on any atom is -0.496 e. The maximum atomic E-state index is 14.1. The van der Waals surface area contributed by atoms with Gasteiger partial charge in [0.2, 0.25) is 5.91 Å². The van der Waals surface area contributed by atoms with Crippen molar-refractivity contribution in [2.45, 2.75) is 77.9 Å². The molecule has 8 atom stereocenters. The average Bonchev–Trinajstić information content (AvgIpc) is 3.35. The molecule has 6 rings (SSSR count). The standard InChI is InChI=1S/C36H54N4O5/c1-21-29-16-26(36(29,3)4)17-30(21)37-35(43)33-32(22(2)42)31(20-41)45-40(33)19-24-11-10-12-28(34(24)44-9)25-13-23(18-38(5)6)14-27(15-25)39(7)8/h10-15,21-22,26,29-33,41-42H,16-20H2,1-9H3,(H,37,43)/t21-,22-,26+,29-,30-,31-,32+,33?/m0/s1. The van der Waals surface area contributed by atoms with Crippen molar-refractivity contribution in [2.75, 3.05) is 46.8 Å². The van der Waals surface area contributed by atoms with E-state index in [1.807, 2.05) is 26.2 Å². The maximum Gasteiger partial charge on any atom is 0.240 e. The van der Waals surface area contributed by atoms with Gasteiger partial charge in [-0.2, -0.15) is 5.06 Å².